The lowest BCUT2D eigenvalue weighted by molar-refractivity contribution is 0.0947. The number of aromatic nitrogens is 2. The van der Waals surface area contributed by atoms with Gasteiger partial charge in [-0.05, 0) is 42.7 Å². The Labute approximate surface area is 166 Å². The molecule has 0 bridgehead atoms. The second kappa shape index (κ2) is 8.17. The lowest BCUT2D eigenvalue weighted by Gasteiger charge is -2.23. The summed E-state index contributed by atoms with van der Waals surface area (Å²) in [5.41, 5.74) is 3.01. The lowest BCUT2D eigenvalue weighted by Crippen LogP contribution is -2.26. The van der Waals surface area contributed by atoms with Gasteiger partial charge in [0, 0.05) is 18.8 Å². The number of rotatable bonds is 5. The fourth-order valence-corrected chi connectivity index (χ4v) is 3.64. The van der Waals surface area contributed by atoms with Crippen LogP contribution in [0.15, 0.2) is 24.3 Å². The van der Waals surface area contributed by atoms with E-state index in [1.165, 1.54) is 0 Å². The van der Waals surface area contributed by atoms with Crippen molar-refractivity contribution in [2.75, 3.05) is 11.9 Å². The number of benzene rings is 1. The zero-order valence-corrected chi connectivity index (χ0v) is 17.3. The predicted molar refractivity (Wildman–Crippen MR) is 111 cm³/mol. The van der Waals surface area contributed by atoms with Gasteiger partial charge in [-0.25, -0.2) is 4.98 Å². The van der Waals surface area contributed by atoms with E-state index in [9.17, 15) is 9.59 Å². The summed E-state index contributed by atoms with van der Waals surface area (Å²) in [5.74, 6) is -0.143. The van der Waals surface area contributed by atoms with E-state index in [4.69, 9.17) is 0 Å². The molecule has 2 N–H and O–H groups in total. The molecule has 6 nitrogen and oxygen atoms in total. The number of imidazole rings is 1. The summed E-state index contributed by atoms with van der Waals surface area (Å²) >= 11 is 0. The first kappa shape index (κ1) is 20.1. The summed E-state index contributed by atoms with van der Waals surface area (Å²) in [6.07, 6.45) is 3.62. The van der Waals surface area contributed by atoms with Crippen LogP contribution >= 0.6 is 0 Å². The molecule has 0 spiro atoms. The normalized spacial score (nSPS) is 13.7. The Kier molecular flexibility index (Phi) is 5.87. The van der Waals surface area contributed by atoms with Gasteiger partial charge in [0.15, 0.2) is 5.82 Å². The number of fused-ring (bicyclic) bond motifs is 1. The summed E-state index contributed by atoms with van der Waals surface area (Å²) < 4.78 is 1.92. The minimum absolute atomic E-state index is 0.0961. The Hall–Kier alpha value is -2.63. The number of para-hydroxylation sites is 1. The highest BCUT2D eigenvalue weighted by Crippen LogP contribution is 2.30. The van der Waals surface area contributed by atoms with Crippen LogP contribution in [0.25, 0.3) is 0 Å². The van der Waals surface area contributed by atoms with E-state index in [0.29, 0.717) is 24.6 Å². The number of carbonyl (C=O) groups excluding carboxylic acids is 2. The molecule has 2 amide bonds. The summed E-state index contributed by atoms with van der Waals surface area (Å²) in [7, 11) is 0. The molecular weight excluding hydrogens is 352 g/mol. The Morgan fingerprint density at radius 3 is 2.61 bits per heavy atom. The fourth-order valence-electron chi connectivity index (χ4n) is 3.64. The van der Waals surface area contributed by atoms with E-state index < -0.39 is 0 Å². The van der Waals surface area contributed by atoms with Crippen molar-refractivity contribution in [1.82, 2.24) is 14.9 Å². The molecule has 0 atom stereocenters. The third kappa shape index (κ3) is 4.11. The standard InChI is InChI=1S/C22H30N4O2/c1-5-13-23-20(27)18-17-12-8-9-14-26(17)19(25-18)21(28)24-16-11-7-6-10-15(16)22(2,3)4/h6-7,10-11H,5,8-9,12-14H2,1-4H3,(H,23,27)(H,24,28). The number of amides is 2. The topological polar surface area (TPSA) is 76.0 Å². The van der Waals surface area contributed by atoms with Crippen molar-refractivity contribution in [3.63, 3.8) is 0 Å². The number of carbonyl (C=O) groups is 2. The van der Waals surface area contributed by atoms with Crippen LogP contribution in [0.3, 0.4) is 0 Å². The number of anilines is 1. The molecule has 0 radical (unpaired) electrons. The predicted octanol–water partition coefficient (Wildman–Crippen LogP) is 3.91. The summed E-state index contributed by atoms with van der Waals surface area (Å²) in [4.78, 5) is 30.1. The number of hydrogen-bond donors (Lipinski definition) is 2. The molecule has 1 aromatic carbocycles. The maximum absolute atomic E-state index is 13.1. The first-order chi connectivity index (χ1) is 13.3. The quantitative estimate of drug-likeness (QED) is 0.823. The molecule has 1 aliphatic rings. The van der Waals surface area contributed by atoms with Gasteiger partial charge in [0.05, 0.1) is 5.69 Å². The fraction of sp³-hybridized carbons (Fsp3) is 0.500. The summed E-state index contributed by atoms with van der Waals surface area (Å²) in [6, 6.07) is 7.83. The van der Waals surface area contributed by atoms with Gasteiger partial charge >= 0.3 is 0 Å². The monoisotopic (exact) mass is 382 g/mol. The zero-order chi connectivity index (χ0) is 20.3. The molecule has 0 unspecified atom stereocenters. The third-order valence-corrected chi connectivity index (χ3v) is 5.05. The molecule has 6 heteroatoms. The molecular formula is C22H30N4O2. The van der Waals surface area contributed by atoms with Crippen molar-refractivity contribution in [1.29, 1.82) is 0 Å². The van der Waals surface area contributed by atoms with Crippen molar-refractivity contribution < 1.29 is 9.59 Å². The second-order valence-corrected chi connectivity index (χ2v) is 8.35. The van der Waals surface area contributed by atoms with Crippen molar-refractivity contribution in [3.05, 3.63) is 47.0 Å². The van der Waals surface area contributed by atoms with Gasteiger partial charge < -0.3 is 15.2 Å². The first-order valence-corrected chi connectivity index (χ1v) is 10.1. The average molecular weight is 383 g/mol. The van der Waals surface area contributed by atoms with Crippen LogP contribution < -0.4 is 10.6 Å². The van der Waals surface area contributed by atoms with Gasteiger partial charge in [-0.3, -0.25) is 9.59 Å². The molecule has 3 rings (SSSR count). The molecule has 1 aromatic heterocycles. The Morgan fingerprint density at radius 2 is 1.89 bits per heavy atom. The van der Waals surface area contributed by atoms with E-state index in [1.54, 1.807) is 0 Å². The highest BCUT2D eigenvalue weighted by Gasteiger charge is 2.28. The molecule has 1 aliphatic heterocycles. The second-order valence-electron chi connectivity index (χ2n) is 8.35. The van der Waals surface area contributed by atoms with Crippen LogP contribution in [0, 0.1) is 0 Å². The zero-order valence-electron chi connectivity index (χ0n) is 17.3. The smallest absolute Gasteiger partial charge is 0.291 e. The van der Waals surface area contributed by atoms with E-state index in [2.05, 4.69) is 36.4 Å². The highest BCUT2D eigenvalue weighted by atomic mass is 16.2. The van der Waals surface area contributed by atoms with Gasteiger partial charge in [-0.1, -0.05) is 45.9 Å². The van der Waals surface area contributed by atoms with Crippen LogP contribution in [-0.4, -0.2) is 27.9 Å². The van der Waals surface area contributed by atoms with Crippen LogP contribution in [0.4, 0.5) is 5.69 Å². The SMILES string of the molecule is CCCNC(=O)c1nc(C(=O)Nc2ccccc2C(C)(C)C)n2c1CCCC2. The van der Waals surface area contributed by atoms with E-state index in [-0.39, 0.29) is 17.2 Å². The van der Waals surface area contributed by atoms with Crippen LogP contribution in [0.2, 0.25) is 0 Å². The number of nitrogens with zero attached hydrogens (tertiary/aromatic N) is 2. The van der Waals surface area contributed by atoms with Gasteiger partial charge in [-0.2, -0.15) is 0 Å². The largest absolute Gasteiger partial charge is 0.351 e. The van der Waals surface area contributed by atoms with Crippen molar-refractivity contribution >= 4 is 17.5 Å². The Bertz CT molecular complexity index is 877. The maximum atomic E-state index is 13.1. The maximum Gasteiger partial charge on any atom is 0.291 e. The highest BCUT2D eigenvalue weighted by molar-refractivity contribution is 6.04. The van der Waals surface area contributed by atoms with Gasteiger partial charge in [0.2, 0.25) is 0 Å². The first-order valence-electron chi connectivity index (χ1n) is 10.1. The molecule has 0 saturated heterocycles. The summed E-state index contributed by atoms with van der Waals surface area (Å²) in [5, 5.41) is 5.91. The van der Waals surface area contributed by atoms with Crippen molar-refractivity contribution in [2.24, 2.45) is 0 Å². The molecule has 2 aromatic rings. The van der Waals surface area contributed by atoms with E-state index >= 15 is 0 Å². The average Bonchev–Trinajstić information content (AvgIpc) is 3.05. The van der Waals surface area contributed by atoms with Gasteiger partial charge in [0.25, 0.3) is 11.8 Å². The Balaban J connectivity index is 1.93. The van der Waals surface area contributed by atoms with Crippen LogP contribution in [-0.2, 0) is 18.4 Å². The van der Waals surface area contributed by atoms with Crippen molar-refractivity contribution in [3.8, 4) is 0 Å². The van der Waals surface area contributed by atoms with E-state index in [0.717, 1.165) is 42.6 Å². The van der Waals surface area contributed by atoms with Crippen LogP contribution in [0.5, 0.6) is 0 Å². The lowest BCUT2D eigenvalue weighted by atomic mass is 9.86. The number of hydrogen-bond acceptors (Lipinski definition) is 3. The summed E-state index contributed by atoms with van der Waals surface area (Å²) in [6.45, 7) is 9.68. The molecule has 0 fully saturated rings. The van der Waals surface area contributed by atoms with Crippen molar-refractivity contribution in [2.45, 2.75) is 65.3 Å². The minimum Gasteiger partial charge on any atom is -0.351 e. The molecule has 0 saturated carbocycles. The molecule has 2 heterocycles. The number of nitrogens with one attached hydrogen (secondary N) is 2. The molecule has 0 aliphatic carbocycles. The molecule has 150 valence electrons. The van der Waals surface area contributed by atoms with Gasteiger partial charge in [0.1, 0.15) is 5.69 Å². The Morgan fingerprint density at radius 1 is 1.14 bits per heavy atom. The van der Waals surface area contributed by atoms with E-state index in [1.807, 2.05) is 35.8 Å². The third-order valence-electron chi connectivity index (χ3n) is 5.05. The minimum atomic E-state index is -0.269. The van der Waals surface area contributed by atoms with Crippen LogP contribution in [0.1, 0.15) is 79.3 Å². The van der Waals surface area contributed by atoms with Gasteiger partial charge in [-0.15, -0.1) is 0 Å². The molecule has 28 heavy (non-hydrogen) atoms.